The minimum Gasteiger partial charge on any atom is -0.396 e. The van der Waals surface area contributed by atoms with E-state index in [1.165, 1.54) is 16.6 Å². The lowest BCUT2D eigenvalue weighted by Crippen LogP contribution is -2.41. The Morgan fingerprint density at radius 2 is 2.17 bits per heavy atom. The van der Waals surface area contributed by atoms with Gasteiger partial charge in [0.1, 0.15) is 0 Å². The second-order valence-corrected chi connectivity index (χ2v) is 4.49. The van der Waals surface area contributed by atoms with E-state index in [1.807, 2.05) is 13.8 Å². The van der Waals surface area contributed by atoms with Crippen molar-refractivity contribution in [2.75, 3.05) is 19.3 Å². The summed E-state index contributed by atoms with van der Waals surface area (Å²) in [7, 11) is 3.22. The summed E-state index contributed by atoms with van der Waals surface area (Å²) >= 11 is 0. The summed E-state index contributed by atoms with van der Waals surface area (Å²) in [6, 6.07) is 0.0425. The van der Waals surface area contributed by atoms with Crippen molar-refractivity contribution in [2.45, 2.75) is 19.9 Å². The van der Waals surface area contributed by atoms with Crippen LogP contribution in [0.1, 0.15) is 24.3 Å². The number of carbonyl (C=O) groups is 2. The molecule has 0 aliphatic heterocycles. The van der Waals surface area contributed by atoms with E-state index in [0.29, 0.717) is 5.69 Å². The number of anilines is 1. The van der Waals surface area contributed by atoms with Crippen molar-refractivity contribution < 1.29 is 9.59 Å². The SMILES string of the molecule is CC(C)NC(=O)CN(C)C(=O)c1nn(C)cc1N. The summed E-state index contributed by atoms with van der Waals surface area (Å²) in [6.45, 7) is 3.69. The Kier molecular flexibility index (Phi) is 4.30. The van der Waals surface area contributed by atoms with Gasteiger partial charge in [0.2, 0.25) is 5.91 Å². The molecule has 0 aliphatic rings. The molecular weight excluding hydrogens is 234 g/mol. The number of nitrogens with two attached hydrogens (primary N) is 1. The van der Waals surface area contributed by atoms with Crippen LogP contribution in [0.2, 0.25) is 0 Å². The van der Waals surface area contributed by atoms with Gasteiger partial charge in [-0.25, -0.2) is 0 Å². The quantitative estimate of drug-likeness (QED) is 0.763. The first kappa shape index (κ1) is 14.0. The molecule has 0 saturated heterocycles. The molecule has 0 fully saturated rings. The molecule has 1 aromatic heterocycles. The van der Waals surface area contributed by atoms with Crippen LogP contribution < -0.4 is 11.1 Å². The number of hydrogen-bond acceptors (Lipinski definition) is 4. The van der Waals surface area contributed by atoms with Crippen LogP contribution in [0.5, 0.6) is 0 Å². The van der Waals surface area contributed by atoms with Gasteiger partial charge in [-0.1, -0.05) is 0 Å². The van der Waals surface area contributed by atoms with E-state index in [9.17, 15) is 9.59 Å². The number of nitrogens with zero attached hydrogens (tertiary/aromatic N) is 3. The van der Waals surface area contributed by atoms with Gasteiger partial charge in [-0.3, -0.25) is 14.3 Å². The lowest BCUT2D eigenvalue weighted by atomic mass is 10.3. The Hall–Kier alpha value is -2.05. The molecule has 3 N–H and O–H groups in total. The van der Waals surface area contributed by atoms with E-state index >= 15 is 0 Å². The molecule has 1 rings (SSSR count). The van der Waals surface area contributed by atoms with Crippen molar-refractivity contribution >= 4 is 17.5 Å². The van der Waals surface area contributed by atoms with Crippen LogP contribution in [0, 0.1) is 0 Å². The highest BCUT2D eigenvalue weighted by molar-refractivity contribution is 5.98. The molecule has 0 aromatic carbocycles. The maximum absolute atomic E-state index is 12.0. The first-order valence-corrected chi connectivity index (χ1v) is 5.65. The average molecular weight is 253 g/mol. The number of aryl methyl sites for hydroxylation is 1. The van der Waals surface area contributed by atoms with Crippen molar-refractivity contribution in [2.24, 2.45) is 7.05 Å². The Labute approximate surface area is 106 Å². The summed E-state index contributed by atoms with van der Waals surface area (Å²) < 4.78 is 1.46. The summed E-state index contributed by atoms with van der Waals surface area (Å²) in [4.78, 5) is 24.8. The Morgan fingerprint density at radius 1 is 1.56 bits per heavy atom. The predicted molar refractivity (Wildman–Crippen MR) is 67.9 cm³/mol. The lowest BCUT2D eigenvalue weighted by molar-refractivity contribution is -0.122. The van der Waals surface area contributed by atoms with Crippen LogP contribution in [0.25, 0.3) is 0 Å². The summed E-state index contributed by atoms with van der Waals surface area (Å²) in [5.41, 5.74) is 6.13. The lowest BCUT2D eigenvalue weighted by Gasteiger charge is -2.17. The fourth-order valence-corrected chi connectivity index (χ4v) is 1.51. The van der Waals surface area contributed by atoms with Gasteiger partial charge < -0.3 is 16.0 Å². The molecule has 0 bridgehead atoms. The number of hydrogen-bond donors (Lipinski definition) is 2. The topological polar surface area (TPSA) is 93.2 Å². The minimum atomic E-state index is -0.369. The summed E-state index contributed by atoms with van der Waals surface area (Å²) in [5, 5.41) is 6.68. The number of likely N-dealkylation sites (N-methyl/N-ethyl adjacent to an activating group) is 1. The summed E-state index contributed by atoms with van der Waals surface area (Å²) in [6.07, 6.45) is 1.55. The van der Waals surface area contributed by atoms with Crippen molar-refractivity contribution in [1.82, 2.24) is 20.0 Å². The van der Waals surface area contributed by atoms with E-state index in [0.717, 1.165) is 0 Å². The van der Waals surface area contributed by atoms with E-state index < -0.39 is 0 Å². The molecule has 0 spiro atoms. The van der Waals surface area contributed by atoms with Crippen LogP contribution in [-0.4, -0.2) is 46.1 Å². The van der Waals surface area contributed by atoms with Crippen molar-refractivity contribution in [3.8, 4) is 0 Å². The molecule has 0 radical (unpaired) electrons. The molecule has 2 amide bonds. The molecule has 0 saturated carbocycles. The van der Waals surface area contributed by atoms with Gasteiger partial charge in [-0.2, -0.15) is 5.10 Å². The van der Waals surface area contributed by atoms with Crippen molar-refractivity contribution in [1.29, 1.82) is 0 Å². The zero-order chi connectivity index (χ0) is 13.9. The third-order valence-corrected chi connectivity index (χ3v) is 2.24. The molecule has 0 aliphatic carbocycles. The molecule has 0 atom stereocenters. The molecule has 100 valence electrons. The molecular formula is C11H19N5O2. The number of aromatic nitrogens is 2. The van der Waals surface area contributed by atoms with E-state index in [4.69, 9.17) is 5.73 Å². The Morgan fingerprint density at radius 3 is 2.61 bits per heavy atom. The third kappa shape index (κ3) is 3.47. The van der Waals surface area contributed by atoms with Gasteiger partial charge in [-0.05, 0) is 13.8 Å². The molecule has 18 heavy (non-hydrogen) atoms. The number of rotatable bonds is 4. The monoisotopic (exact) mass is 253 g/mol. The van der Waals surface area contributed by atoms with Gasteiger partial charge in [-0.15, -0.1) is 0 Å². The maximum Gasteiger partial charge on any atom is 0.276 e. The fourth-order valence-electron chi connectivity index (χ4n) is 1.51. The number of nitrogens with one attached hydrogen (secondary N) is 1. The zero-order valence-electron chi connectivity index (χ0n) is 11.1. The zero-order valence-corrected chi connectivity index (χ0v) is 11.1. The highest BCUT2D eigenvalue weighted by Crippen LogP contribution is 2.10. The van der Waals surface area contributed by atoms with Gasteiger partial charge in [0.25, 0.3) is 5.91 Å². The van der Waals surface area contributed by atoms with Gasteiger partial charge in [0.15, 0.2) is 5.69 Å². The smallest absolute Gasteiger partial charge is 0.276 e. The number of nitrogen functional groups attached to an aromatic ring is 1. The summed E-state index contributed by atoms with van der Waals surface area (Å²) in [5.74, 6) is -0.581. The normalized spacial score (nSPS) is 10.5. The Bertz CT molecular complexity index is 452. The first-order chi connectivity index (χ1) is 8.31. The first-order valence-electron chi connectivity index (χ1n) is 5.65. The number of amides is 2. The fraction of sp³-hybridized carbons (Fsp3) is 0.545. The second-order valence-electron chi connectivity index (χ2n) is 4.49. The molecule has 0 unspecified atom stereocenters. The van der Waals surface area contributed by atoms with Gasteiger partial charge >= 0.3 is 0 Å². The van der Waals surface area contributed by atoms with E-state index in [2.05, 4.69) is 10.4 Å². The van der Waals surface area contributed by atoms with Crippen LogP contribution >= 0.6 is 0 Å². The molecule has 7 heteroatoms. The van der Waals surface area contributed by atoms with Crippen molar-refractivity contribution in [3.63, 3.8) is 0 Å². The maximum atomic E-state index is 12.0. The second kappa shape index (κ2) is 5.52. The predicted octanol–water partition coefficient (Wildman–Crippen LogP) is -0.401. The molecule has 1 heterocycles. The average Bonchev–Trinajstić information content (AvgIpc) is 2.55. The largest absolute Gasteiger partial charge is 0.396 e. The van der Waals surface area contributed by atoms with Gasteiger partial charge in [0.05, 0.1) is 12.2 Å². The minimum absolute atomic E-state index is 0.0208. The van der Waals surface area contributed by atoms with E-state index in [1.54, 1.807) is 13.2 Å². The molecule has 7 nitrogen and oxygen atoms in total. The van der Waals surface area contributed by atoms with Gasteiger partial charge in [0, 0.05) is 26.3 Å². The van der Waals surface area contributed by atoms with Crippen LogP contribution in [-0.2, 0) is 11.8 Å². The van der Waals surface area contributed by atoms with Crippen LogP contribution in [0.4, 0.5) is 5.69 Å². The van der Waals surface area contributed by atoms with Crippen LogP contribution in [0.3, 0.4) is 0 Å². The molecule has 1 aromatic rings. The highest BCUT2D eigenvalue weighted by Gasteiger charge is 2.20. The number of carbonyl (C=O) groups excluding carboxylic acids is 2. The third-order valence-electron chi connectivity index (χ3n) is 2.24. The van der Waals surface area contributed by atoms with Crippen molar-refractivity contribution in [3.05, 3.63) is 11.9 Å². The Balaban J connectivity index is 2.67. The standard InChI is InChI=1S/C11H19N5O2/c1-7(2)13-9(17)6-15(3)11(18)10-8(12)5-16(4)14-10/h5,7H,6,12H2,1-4H3,(H,13,17). The van der Waals surface area contributed by atoms with Crippen LogP contribution in [0.15, 0.2) is 6.20 Å². The highest BCUT2D eigenvalue weighted by atomic mass is 16.2. The van der Waals surface area contributed by atoms with E-state index in [-0.39, 0.29) is 30.1 Å².